The highest BCUT2D eigenvalue weighted by Crippen LogP contribution is 2.14. The van der Waals surface area contributed by atoms with Gasteiger partial charge in [0.1, 0.15) is 0 Å². The maximum atomic E-state index is 4.44. The standard InChI is InChI=1S/C11H18N4/c1-9-5-7-13-11(14-9)15(2)10-4-3-6-12-8-10/h5,7,10,12H,3-4,6,8H2,1-2H3. The van der Waals surface area contributed by atoms with Gasteiger partial charge in [0.15, 0.2) is 0 Å². The topological polar surface area (TPSA) is 41.1 Å². The molecule has 0 radical (unpaired) electrons. The maximum Gasteiger partial charge on any atom is 0.225 e. The first-order valence-corrected chi connectivity index (χ1v) is 5.50. The molecule has 0 spiro atoms. The number of nitrogens with zero attached hydrogens (tertiary/aromatic N) is 3. The van der Waals surface area contributed by atoms with E-state index in [0.717, 1.165) is 24.7 Å². The van der Waals surface area contributed by atoms with Crippen LogP contribution in [0.5, 0.6) is 0 Å². The van der Waals surface area contributed by atoms with Gasteiger partial charge in [0.25, 0.3) is 0 Å². The van der Waals surface area contributed by atoms with Gasteiger partial charge in [-0.05, 0) is 32.4 Å². The second kappa shape index (κ2) is 4.57. The summed E-state index contributed by atoms with van der Waals surface area (Å²) < 4.78 is 0. The average Bonchev–Trinajstić information content (AvgIpc) is 2.29. The molecule has 15 heavy (non-hydrogen) atoms. The molecule has 1 N–H and O–H groups in total. The summed E-state index contributed by atoms with van der Waals surface area (Å²) >= 11 is 0. The molecule has 1 aliphatic heterocycles. The normalized spacial score (nSPS) is 21.3. The van der Waals surface area contributed by atoms with Crippen LogP contribution in [-0.2, 0) is 0 Å². The van der Waals surface area contributed by atoms with E-state index in [1.165, 1.54) is 12.8 Å². The van der Waals surface area contributed by atoms with E-state index >= 15 is 0 Å². The lowest BCUT2D eigenvalue weighted by Crippen LogP contribution is -2.44. The van der Waals surface area contributed by atoms with Gasteiger partial charge in [0.05, 0.1) is 0 Å². The summed E-state index contributed by atoms with van der Waals surface area (Å²) in [6, 6.07) is 2.46. The third-order valence-corrected chi connectivity index (χ3v) is 2.92. The molecular formula is C11H18N4. The van der Waals surface area contributed by atoms with Crippen LogP contribution < -0.4 is 10.2 Å². The molecule has 2 rings (SSSR count). The van der Waals surface area contributed by atoms with Crippen molar-refractivity contribution in [1.29, 1.82) is 0 Å². The lowest BCUT2D eigenvalue weighted by molar-refractivity contribution is 0.441. The van der Waals surface area contributed by atoms with Crippen molar-refractivity contribution >= 4 is 5.95 Å². The van der Waals surface area contributed by atoms with Crippen LogP contribution in [0.1, 0.15) is 18.5 Å². The molecule has 0 amide bonds. The molecule has 1 fully saturated rings. The van der Waals surface area contributed by atoms with E-state index in [-0.39, 0.29) is 0 Å². The number of nitrogens with one attached hydrogen (secondary N) is 1. The Labute approximate surface area is 90.7 Å². The van der Waals surface area contributed by atoms with E-state index in [1.807, 2.05) is 19.2 Å². The minimum Gasteiger partial charge on any atom is -0.340 e. The summed E-state index contributed by atoms with van der Waals surface area (Å²) in [5, 5.41) is 3.40. The summed E-state index contributed by atoms with van der Waals surface area (Å²) in [5.41, 5.74) is 1.02. The Morgan fingerprint density at radius 2 is 2.40 bits per heavy atom. The zero-order chi connectivity index (χ0) is 10.7. The third-order valence-electron chi connectivity index (χ3n) is 2.92. The number of likely N-dealkylation sites (N-methyl/N-ethyl adjacent to an activating group) is 1. The van der Waals surface area contributed by atoms with Crippen LogP contribution >= 0.6 is 0 Å². The zero-order valence-corrected chi connectivity index (χ0v) is 9.40. The van der Waals surface area contributed by atoms with Gasteiger partial charge in [-0.3, -0.25) is 0 Å². The van der Waals surface area contributed by atoms with Gasteiger partial charge < -0.3 is 10.2 Å². The zero-order valence-electron chi connectivity index (χ0n) is 9.40. The SMILES string of the molecule is Cc1ccnc(N(C)C2CCCNC2)n1. The monoisotopic (exact) mass is 206 g/mol. The first-order valence-electron chi connectivity index (χ1n) is 5.50. The minimum absolute atomic E-state index is 0.528. The van der Waals surface area contributed by atoms with Gasteiger partial charge in [-0.2, -0.15) is 0 Å². The highest BCUT2D eigenvalue weighted by Gasteiger charge is 2.19. The van der Waals surface area contributed by atoms with Crippen molar-refractivity contribution in [3.63, 3.8) is 0 Å². The van der Waals surface area contributed by atoms with Gasteiger partial charge >= 0.3 is 0 Å². The predicted molar refractivity (Wildman–Crippen MR) is 61.1 cm³/mol. The summed E-state index contributed by atoms with van der Waals surface area (Å²) in [7, 11) is 2.08. The summed E-state index contributed by atoms with van der Waals surface area (Å²) in [6.07, 6.45) is 4.28. The van der Waals surface area contributed by atoms with Crippen molar-refractivity contribution in [1.82, 2.24) is 15.3 Å². The van der Waals surface area contributed by atoms with Gasteiger partial charge in [0.2, 0.25) is 5.95 Å². The molecular weight excluding hydrogens is 188 g/mol. The van der Waals surface area contributed by atoms with Crippen molar-refractivity contribution in [3.8, 4) is 0 Å². The highest BCUT2D eigenvalue weighted by molar-refractivity contribution is 5.30. The van der Waals surface area contributed by atoms with Crippen LogP contribution in [0.4, 0.5) is 5.95 Å². The summed E-state index contributed by atoms with van der Waals surface area (Å²) in [5.74, 6) is 0.837. The Morgan fingerprint density at radius 1 is 1.53 bits per heavy atom. The molecule has 0 aliphatic carbocycles. The molecule has 1 aromatic heterocycles. The minimum atomic E-state index is 0.528. The molecule has 82 valence electrons. The Bertz CT molecular complexity index is 320. The number of aryl methyl sites for hydroxylation is 1. The summed E-state index contributed by atoms with van der Waals surface area (Å²) in [6.45, 7) is 4.17. The smallest absolute Gasteiger partial charge is 0.225 e. The quantitative estimate of drug-likeness (QED) is 0.783. The molecule has 4 heteroatoms. The maximum absolute atomic E-state index is 4.44. The van der Waals surface area contributed by atoms with Gasteiger partial charge in [-0.15, -0.1) is 0 Å². The Kier molecular flexibility index (Phi) is 3.16. The van der Waals surface area contributed by atoms with Gasteiger partial charge in [-0.25, -0.2) is 9.97 Å². The molecule has 0 saturated carbocycles. The molecule has 1 unspecified atom stereocenters. The van der Waals surface area contributed by atoms with E-state index in [0.29, 0.717) is 6.04 Å². The molecule has 4 nitrogen and oxygen atoms in total. The molecule has 2 heterocycles. The number of anilines is 1. The third kappa shape index (κ3) is 2.45. The average molecular weight is 206 g/mol. The predicted octanol–water partition coefficient (Wildman–Crippen LogP) is 0.973. The van der Waals surface area contributed by atoms with Gasteiger partial charge in [0, 0.05) is 31.5 Å². The Hall–Kier alpha value is -1.16. The fourth-order valence-corrected chi connectivity index (χ4v) is 1.93. The van der Waals surface area contributed by atoms with E-state index < -0.39 is 0 Å². The molecule has 0 aromatic carbocycles. The Balaban J connectivity index is 2.08. The summed E-state index contributed by atoms with van der Waals surface area (Å²) in [4.78, 5) is 10.9. The number of piperidine rings is 1. The molecule has 0 bridgehead atoms. The number of hydrogen-bond donors (Lipinski definition) is 1. The van der Waals surface area contributed by atoms with Crippen LogP contribution in [0.25, 0.3) is 0 Å². The lowest BCUT2D eigenvalue weighted by Gasteiger charge is -2.31. The number of hydrogen-bond acceptors (Lipinski definition) is 4. The molecule has 1 atom stereocenters. The van der Waals surface area contributed by atoms with Crippen molar-refractivity contribution in [2.45, 2.75) is 25.8 Å². The van der Waals surface area contributed by atoms with E-state index in [4.69, 9.17) is 0 Å². The van der Waals surface area contributed by atoms with Crippen molar-refractivity contribution in [2.24, 2.45) is 0 Å². The van der Waals surface area contributed by atoms with Crippen molar-refractivity contribution in [3.05, 3.63) is 18.0 Å². The highest BCUT2D eigenvalue weighted by atomic mass is 15.3. The van der Waals surface area contributed by atoms with Gasteiger partial charge in [-0.1, -0.05) is 0 Å². The van der Waals surface area contributed by atoms with Crippen molar-refractivity contribution < 1.29 is 0 Å². The first-order chi connectivity index (χ1) is 7.27. The largest absolute Gasteiger partial charge is 0.340 e. The first kappa shape index (κ1) is 10.4. The molecule has 1 aliphatic rings. The number of rotatable bonds is 2. The second-order valence-electron chi connectivity index (χ2n) is 4.11. The fourth-order valence-electron chi connectivity index (χ4n) is 1.93. The fraction of sp³-hybridized carbons (Fsp3) is 0.636. The lowest BCUT2D eigenvalue weighted by atomic mass is 10.1. The number of aromatic nitrogens is 2. The van der Waals surface area contributed by atoms with E-state index in [9.17, 15) is 0 Å². The molecule has 1 saturated heterocycles. The Morgan fingerprint density at radius 3 is 3.07 bits per heavy atom. The van der Waals surface area contributed by atoms with Crippen LogP contribution in [0, 0.1) is 6.92 Å². The van der Waals surface area contributed by atoms with Crippen molar-refractivity contribution in [2.75, 3.05) is 25.0 Å². The van der Waals surface area contributed by atoms with Crippen LogP contribution in [0.2, 0.25) is 0 Å². The van der Waals surface area contributed by atoms with Crippen LogP contribution in [0.3, 0.4) is 0 Å². The van der Waals surface area contributed by atoms with Crippen LogP contribution in [0.15, 0.2) is 12.3 Å². The molecule has 1 aromatic rings. The van der Waals surface area contributed by atoms with E-state index in [2.05, 4.69) is 27.2 Å². The van der Waals surface area contributed by atoms with E-state index in [1.54, 1.807) is 0 Å². The van der Waals surface area contributed by atoms with Crippen LogP contribution in [-0.4, -0.2) is 36.1 Å². The second-order valence-corrected chi connectivity index (χ2v) is 4.11.